The van der Waals surface area contributed by atoms with Crippen molar-refractivity contribution in [1.29, 1.82) is 5.26 Å². The molecule has 2 rings (SSSR count). The van der Waals surface area contributed by atoms with Crippen LogP contribution in [0.3, 0.4) is 0 Å². The molecule has 100 valence electrons. The number of nitrogens with zero attached hydrogens (tertiary/aromatic N) is 3. The lowest BCUT2D eigenvalue weighted by Gasteiger charge is -2.20. The second-order valence-corrected chi connectivity index (χ2v) is 4.81. The molecule has 2 unspecified atom stereocenters. The molecular formula is C13H15N3O3. The van der Waals surface area contributed by atoms with Gasteiger partial charge in [-0.1, -0.05) is 0 Å². The van der Waals surface area contributed by atoms with Gasteiger partial charge in [-0.2, -0.15) is 5.26 Å². The largest absolute Gasteiger partial charge is 0.393 e. The molecule has 1 fully saturated rings. The lowest BCUT2D eigenvalue weighted by atomic mass is 10.0. The van der Waals surface area contributed by atoms with Crippen LogP contribution in [0.4, 0.5) is 11.4 Å². The van der Waals surface area contributed by atoms with Crippen LogP contribution in [0.5, 0.6) is 0 Å². The molecular weight excluding hydrogens is 246 g/mol. The van der Waals surface area contributed by atoms with Crippen LogP contribution in [0.2, 0.25) is 0 Å². The zero-order valence-electron chi connectivity index (χ0n) is 10.6. The van der Waals surface area contributed by atoms with E-state index < -0.39 is 4.92 Å². The topological polar surface area (TPSA) is 90.4 Å². The summed E-state index contributed by atoms with van der Waals surface area (Å²) in [5.74, 6) is 0.182. The minimum absolute atomic E-state index is 0.0772. The van der Waals surface area contributed by atoms with Crippen LogP contribution >= 0.6 is 0 Å². The highest BCUT2D eigenvalue weighted by Crippen LogP contribution is 2.30. The maximum absolute atomic E-state index is 10.7. The van der Waals surface area contributed by atoms with Crippen molar-refractivity contribution in [3.8, 4) is 6.07 Å². The third-order valence-electron chi connectivity index (χ3n) is 3.56. The van der Waals surface area contributed by atoms with E-state index in [1.54, 1.807) is 13.0 Å². The molecule has 1 N–H and O–H groups in total. The number of hydrogen-bond acceptors (Lipinski definition) is 5. The van der Waals surface area contributed by atoms with Gasteiger partial charge in [0.15, 0.2) is 0 Å². The number of nitriles is 1. The Morgan fingerprint density at radius 3 is 2.89 bits per heavy atom. The van der Waals surface area contributed by atoms with Gasteiger partial charge >= 0.3 is 0 Å². The van der Waals surface area contributed by atoms with Crippen molar-refractivity contribution >= 4 is 11.4 Å². The van der Waals surface area contributed by atoms with E-state index in [1.807, 2.05) is 11.0 Å². The average molecular weight is 261 g/mol. The Balaban J connectivity index is 2.27. The molecule has 1 saturated heterocycles. The van der Waals surface area contributed by atoms with E-state index in [2.05, 4.69) is 0 Å². The molecule has 0 bridgehead atoms. The number of nitro benzene ring substituents is 1. The average Bonchev–Trinajstić information content (AvgIpc) is 2.87. The van der Waals surface area contributed by atoms with Gasteiger partial charge in [0.2, 0.25) is 0 Å². The fraction of sp³-hybridized carbons (Fsp3) is 0.462. The van der Waals surface area contributed by atoms with Gasteiger partial charge in [0.25, 0.3) is 5.69 Å². The van der Waals surface area contributed by atoms with Gasteiger partial charge in [-0.25, -0.2) is 0 Å². The first-order valence-corrected chi connectivity index (χ1v) is 6.14. The van der Waals surface area contributed by atoms with Crippen LogP contribution in [-0.4, -0.2) is 29.2 Å². The summed E-state index contributed by atoms with van der Waals surface area (Å²) in [5.41, 5.74) is 0.934. The molecule has 0 spiro atoms. The minimum Gasteiger partial charge on any atom is -0.393 e. The number of aliphatic hydroxyl groups is 1. The number of hydrogen-bond donors (Lipinski definition) is 1. The molecule has 6 heteroatoms. The Labute approximate surface area is 111 Å². The van der Waals surface area contributed by atoms with Crippen molar-refractivity contribution < 1.29 is 10.0 Å². The van der Waals surface area contributed by atoms with Crippen LogP contribution < -0.4 is 4.90 Å². The number of rotatable bonds is 3. The van der Waals surface area contributed by atoms with Gasteiger partial charge in [-0.05, 0) is 19.4 Å². The smallest absolute Gasteiger partial charge is 0.270 e. The van der Waals surface area contributed by atoms with Crippen molar-refractivity contribution in [2.75, 3.05) is 18.0 Å². The Morgan fingerprint density at radius 2 is 2.37 bits per heavy atom. The van der Waals surface area contributed by atoms with E-state index in [-0.39, 0.29) is 17.7 Å². The molecule has 0 radical (unpaired) electrons. The summed E-state index contributed by atoms with van der Waals surface area (Å²) in [6, 6.07) is 6.32. The number of aliphatic hydroxyl groups excluding tert-OH is 1. The van der Waals surface area contributed by atoms with Gasteiger partial charge in [0, 0.05) is 31.1 Å². The summed E-state index contributed by atoms with van der Waals surface area (Å²) < 4.78 is 0. The summed E-state index contributed by atoms with van der Waals surface area (Å²) in [6.07, 6.45) is 0.480. The summed E-state index contributed by atoms with van der Waals surface area (Å²) in [4.78, 5) is 12.2. The molecule has 1 aromatic rings. The third kappa shape index (κ3) is 2.66. The highest BCUT2D eigenvalue weighted by atomic mass is 16.6. The van der Waals surface area contributed by atoms with Crippen molar-refractivity contribution in [2.24, 2.45) is 5.92 Å². The molecule has 0 aliphatic carbocycles. The Hall–Kier alpha value is -2.13. The van der Waals surface area contributed by atoms with Gasteiger partial charge in [0.05, 0.1) is 22.3 Å². The Bertz CT molecular complexity index is 536. The second-order valence-electron chi connectivity index (χ2n) is 4.81. The van der Waals surface area contributed by atoms with Gasteiger partial charge in [-0.15, -0.1) is 0 Å². The van der Waals surface area contributed by atoms with Crippen LogP contribution in [-0.2, 0) is 0 Å². The van der Waals surface area contributed by atoms with Crippen molar-refractivity contribution in [2.45, 2.75) is 19.4 Å². The first-order chi connectivity index (χ1) is 9.02. The van der Waals surface area contributed by atoms with E-state index in [9.17, 15) is 15.2 Å². The molecule has 6 nitrogen and oxygen atoms in total. The van der Waals surface area contributed by atoms with E-state index in [0.29, 0.717) is 17.8 Å². The number of anilines is 1. The van der Waals surface area contributed by atoms with Crippen LogP contribution in [0.15, 0.2) is 18.2 Å². The van der Waals surface area contributed by atoms with E-state index in [0.717, 1.165) is 13.0 Å². The fourth-order valence-corrected chi connectivity index (χ4v) is 2.40. The summed E-state index contributed by atoms with van der Waals surface area (Å²) >= 11 is 0. The summed E-state index contributed by atoms with van der Waals surface area (Å²) in [6.45, 7) is 3.18. The molecule has 1 heterocycles. The first kappa shape index (κ1) is 13.3. The maximum Gasteiger partial charge on any atom is 0.270 e. The highest BCUT2D eigenvalue weighted by molar-refractivity contribution is 5.63. The molecule has 1 aliphatic rings. The lowest BCUT2D eigenvalue weighted by Crippen LogP contribution is -2.24. The van der Waals surface area contributed by atoms with Crippen molar-refractivity contribution in [1.82, 2.24) is 0 Å². The van der Waals surface area contributed by atoms with Crippen molar-refractivity contribution in [3.63, 3.8) is 0 Å². The minimum atomic E-state index is -0.507. The molecule has 2 atom stereocenters. The predicted molar refractivity (Wildman–Crippen MR) is 69.8 cm³/mol. The molecule has 1 aliphatic heterocycles. The second kappa shape index (κ2) is 5.24. The predicted octanol–water partition coefficient (Wildman–Crippen LogP) is 1.67. The van der Waals surface area contributed by atoms with Crippen LogP contribution in [0.25, 0.3) is 0 Å². The summed E-state index contributed by atoms with van der Waals surface area (Å²) in [7, 11) is 0. The zero-order valence-corrected chi connectivity index (χ0v) is 10.6. The fourth-order valence-electron chi connectivity index (χ4n) is 2.40. The summed E-state index contributed by atoms with van der Waals surface area (Å²) in [5, 5.41) is 29.4. The van der Waals surface area contributed by atoms with Gasteiger partial charge in [-0.3, -0.25) is 10.1 Å². The first-order valence-electron chi connectivity index (χ1n) is 6.14. The van der Waals surface area contributed by atoms with Crippen LogP contribution in [0.1, 0.15) is 18.9 Å². The number of benzene rings is 1. The molecule has 1 aromatic carbocycles. The standard InChI is InChI=1S/C13H15N3O3/c1-9(17)10-4-5-15(8-10)13-3-2-12(16(18)19)6-11(13)7-14/h2-3,6,9-10,17H,4-5,8H2,1H3. The third-order valence-corrected chi connectivity index (χ3v) is 3.56. The highest BCUT2D eigenvalue weighted by Gasteiger charge is 2.27. The SMILES string of the molecule is CC(O)C1CCN(c2ccc([N+](=O)[O-])cc2C#N)C1. The zero-order chi connectivity index (χ0) is 14.0. The Morgan fingerprint density at radius 1 is 1.63 bits per heavy atom. The molecule has 0 aromatic heterocycles. The molecule has 0 amide bonds. The lowest BCUT2D eigenvalue weighted by molar-refractivity contribution is -0.384. The molecule has 19 heavy (non-hydrogen) atoms. The quantitative estimate of drug-likeness (QED) is 0.660. The van der Waals surface area contributed by atoms with E-state index in [1.165, 1.54) is 12.1 Å². The Kier molecular flexibility index (Phi) is 3.67. The van der Waals surface area contributed by atoms with Crippen molar-refractivity contribution in [3.05, 3.63) is 33.9 Å². The number of nitro groups is 1. The van der Waals surface area contributed by atoms with E-state index in [4.69, 9.17) is 5.26 Å². The number of non-ortho nitro benzene ring substituents is 1. The van der Waals surface area contributed by atoms with Gasteiger partial charge < -0.3 is 10.0 Å². The van der Waals surface area contributed by atoms with Gasteiger partial charge in [0.1, 0.15) is 6.07 Å². The molecule has 0 saturated carbocycles. The van der Waals surface area contributed by atoms with Crippen LogP contribution in [0, 0.1) is 27.4 Å². The van der Waals surface area contributed by atoms with E-state index >= 15 is 0 Å². The maximum atomic E-state index is 10.7. The normalized spacial score (nSPS) is 20.1. The monoisotopic (exact) mass is 261 g/mol.